The summed E-state index contributed by atoms with van der Waals surface area (Å²) in [5.41, 5.74) is 9.03. The van der Waals surface area contributed by atoms with Crippen molar-refractivity contribution in [3.05, 3.63) is 82.3 Å². The van der Waals surface area contributed by atoms with Crippen molar-refractivity contribution < 1.29 is 9.50 Å². The molecule has 1 N–H and O–H groups in total. The maximum absolute atomic E-state index is 12.8. The fourth-order valence-corrected chi connectivity index (χ4v) is 6.16. The second kappa shape index (κ2) is 9.46. The van der Waals surface area contributed by atoms with E-state index in [2.05, 4.69) is 59.0 Å². The fourth-order valence-electron chi connectivity index (χ4n) is 6.16. The van der Waals surface area contributed by atoms with Crippen LogP contribution in [0.2, 0.25) is 0 Å². The quantitative estimate of drug-likeness (QED) is 0.455. The van der Waals surface area contributed by atoms with Gasteiger partial charge >= 0.3 is 0 Å². The lowest BCUT2D eigenvalue weighted by Gasteiger charge is -2.37. The van der Waals surface area contributed by atoms with Gasteiger partial charge in [-0.2, -0.15) is 5.26 Å². The van der Waals surface area contributed by atoms with Crippen LogP contribution in [0.3, 0.4) is 0 Å². The first-order valence-electron chi connectivity index (χ1n) is 13.4. The van der Waals surface area contributed by atoms with Crippen molar-refractivity contribution in [1.29, 1.82) is 5.26 Å². The molecule has 1 unspecified atom stereocenters. The van der Waals surface area contributed by atoms with Gasteiger partial charge in [0.1, 0.15) is 11.4 Å². The lowest BCUT2D eigenvalue weighted by atomic mass is 9.75. The van der Waals surface area contributed by atoms with E-state index >= 15 is 0 Å². The maximum atomic E-state index is 12.8. The second-order valence-electron chi connectivity index (χ2n) is 11.3. The van der Waals surface area contributed by atoms with Gasteiger partial charge in [0.2, 0.25) is 0 Å². The van der Waals surface area contributed by atoms with Crippen molar-refractivity contribution in [3.8, 4) is 11.8 Å². The fraction of sp³-hybridized carbons (Fsp3) is 0.419. The van der Waals surface area contributed by atoms with Crippen molar-refractivity contribution in [2.45, 2.75) is 52.0 Å². The zero-order chi connectivity index (χ0) is 25.6. The number of hydrogen-bond acceptors (Lipinski definition) is 4. The molecule has 1 atom stereocenters. The number of fused-ring (bicyclic) bond motifs is 2. The van der Waals surface area contributed by atoms with Crippen LogP contribution in [0.15, 0.2) is 59.9 Å². The molecule has 3 heterocycles. The third kappa shape index (κ3) is 4.57. The number of aryl methyl sites for hydroxylation is 1. The molecule has 37 heavy (non-hydrogen) atoms. The van der Waals surface area contributed by atoms with E-state index in [4.69, 9.17) is 4.98 Å². The summed E-state index contributed by atoms with van der Waals surface area (Å²) in [5.74, 6) is 0.474. The van der Waals surface area contributed by atoms with Crippen molar-refractivity contribution in [2.75, 3.05) is 19.8 Å². The molecule has 1 aliphatic heterocycles. The highest BCUT2D eigenvalue weighted by atomic mass is 19.1. The Bertz CT molecular complexity index is 1460. The number of nitrogens with zero attached hydrogens (tertiary/aromatic N) is 4. The molecule has 1 aromatic carbocycles. The predicted molar refractivity (Wildman–Crippen MR) is 143 cm³/mol. The Morgan fingerprint density at radius 3 is 2.81 bits per heavy atom. The molecule has 190 valence electrons. The Kier molecular flexibility index (Phi) is 6.12. The molecule has 3 aliphatic rings. The minimum Gasteiger partial charge on any atom is -0.508 e. The van der Waals surface area contributed by atoms with Crippen LogP contribution in [0, 0.1) is 22.7 Å². The second-order valence-corrected chi connectivity index (χ2v) is 11.3. The van der Waals surface area contributed by atoms with E-state index in [0.717, 1.165) is 75.1 Å². The van der Waals surface area contributed by atoms with Gasteiger partial charge < -0.3 is 9.51 Å². The van der Waals surface area contributed by atoms with E-state index < -0.39 is 0 Å². The van der Waals surface area contributed by atoms with Crippen LogP contribution in [0.25, 0.3) is 11.2 Å². The standard InChI is InChI=1S/C31H33FN4O/c1-31(20-33)10-7-22(8-11-31)27-4-2-3-23-13-26(37)5-6-28(23)30(27)24-9-12-36-19-25(34-29(36)14-24)18-35-16-21(15-32)17-35/h5-7,9,12-14,19,21,37H,2-4,8,10-11,15-18H2,1H3. The summed E-state index contributed by atoms with van der Waals surface area (Å²) < 4.78 is 14.9. The van der Waals surface area contributed by atoms with Crippen LogP contribution in [-0.4, -0.2) is 39.2 Å². The number of aromatic hydroxyl groups is 1. The first kappa shape index (κ1) is 23.9. The highest BCUT2D eigenvalue weighted by Crippen LogP contribution is 2.44. The molecule has 1 fully saturated rings. The third-order valence-electron chi connectivity index (χ3n) is 8.37. The summed E-state index contributed by atoms with van der Waals surface area (Å²) in [5, 5.41) is 19.8. The summed E-state index contributed by atoms with van der Waals surface area (Å²) in [4.78, 5) is 7.16. The smallest absolute Gasteiger partial charge is 0.137 e. The molecule has 0 bridgehead atoms. The first-order valence-corrected chi connectivity index (χ1v) is 13.4. The minimum atomic E-state index is -0.287. The Morgan fingerprint density at radius 2 is 2.05 bits per heavy atom. The molecule has 0 radical (unpaired) electrons. The third-order valence-corrected chi connectivity index (χ3v) is 8.37. The van der Waals surface area contributed by atoms with Gasteiger partial charge in [-0.15, -0.1) is 0 Å². The number of phenolic OH excluding ortho intramolecular Hbond substituents is 1. The molecular weight excluding hydrogens is 463 g/mol. The zero-order valence-corrected chi connectivity index (χ0v) is 21.4. The van der Waals surface area contributed by atoms with Crippen molar-refractivity contribution in [3.63, 3.8) is 0 Å². The van der Waals surface area contributed by atoms with E-state index in [1.807, 2.05) is 6.07 Å². The molecule has 5 nitrogen and oxygen atoms in total. The van der Waals surface area contributed by atoms with E-state index in [0.29, 0.717) is 5.75 Å². The van der Waals surface area contributed by atoms with Gasteiger partial charge in [0.15, 0.2) is 0 Å². The Labute approximate surface area is 217 Å². The number of hydrogen-bond donors (Lipinski definition) is 1. The van der Waals surface area contributed by atoms with E-state index in [-0.39, 0.29) is 18.0 Å². The lowest BCUT2D eigenvalue weighted by Crippen LogP contribution is -2.46. The van der Waals surface area contributed by atoms with Crippen LogP contribution >= 0.6 is 0 Å². The summed E-state index contributed by atoms with van der Waals surface area (Å²) in [6, 6.07) is 12.6. The normalized spacial score (nSPS) is 22.8. The maximum Gasteiger partial charge on any atom is 0.137 e. The van der Waals surface area contributed by atoms with Gasteiger partial charge in [-0.05, 0) is 103 Å². The Hall–Kier alpha value is -3.43. The SMILES string of the molecule is CC1(C#N)CC=C(C2=C(c3ccn4cc(CN5CC(CF)C5)nc4c3)c3ccc(O)cc3CCC2)CC1. The lowest BCUT2D eigenvalue weighted by molar-refractivity contribution is 0.0727. The van der Waals surface area contributed by atoms with Gasteiger partial charge in [0, 0.05) is 37.9 Å². The number of allylic oxidation sites excluding steroid dienone is 3. The topological polar surface area (TPSA) is 64.6 Å². The van der Waals surface area contributed by atoms with Crippen molar-refractivity contribution >= 4 is 11.2 Å². The number of rotatable bonds is 5. The molecule has 0 saturated carbocycles. The average molecular weight is 497 g/mol. The van der Waals surface area contributed by atoms with Gasteiger partial charge in [0.05, 0.1) is 23.9 Å². The number of phenols is 1. The number of imidazole rings is 1. The minimum absolute atomic E-state index is 0.170. The zero-order valence-electron chi connectivity index (χ0n) is 21.4. The molecule has 0 amide bonds. The summed E-state index contributed by atoms with van der Waals surface area (Å²) in [6.07, 6.45) is 11.9. The van der Waals surface area contributed by atoms with Crippen LogP contribution in [0.1, 0.15) is 61.4 Å². The highest BCUT2D eigenvalue weighted by Gasteiger charge is 2.30. The van der Waals surface area contributed by atoms with Gasteiger partial charge in [-0.1, -0.05) is 12.1 Å². The van der Waals surface area contributed by atoms with Gasteiger partial charge in [-0.3, -0.25) is 9.29 Å². The number of likely N-dealkylation sites (tertiary alicyclic amines) is 1. The van der Waals surface area contributed by atoms with Crippen LogP contribution in [0.4, 0.5) is 4.39 Å². The highest BCUT2D eigenvalue weighted by molar-refractivity contribution is 5.87. The van der Waals surface area contributed by atoms with E-state index in [1.54, 1.807) is 6.07 Å². The molecule has 2 aromatic heterocycles. The van der Waals surface area contributed by atoms with Crippen LogP contribution in [0.5, 0.6) is 5.75 Å². The Balaban J connectivity index is 1.42. The van der Waals surface area contributed by atoms with Crippen molar-refractivity contribution in [2.24, 2.45) is 11.3 Å². The van der Waals surface area contributed by atoms with Gasteiger partial charge in [-0.25, -0.2) is 4.98 Å². The van der Waals surface area contributed by atoms with Gasteiger partial charge in [0.25, 0.3) is 0 Å². The summed E-state index contributed by atoms with van der Waals surface area (Å²) in [7, 11) is 0. The molecule has 6 rings (SSSR count). The molecule has 2 aliphatic carbocycles. The molecular formula is C31H33FN4O. The number of aromatic nitrogens is 2. The molecule has 0 spiro atoms. The average Bonchev–Trinajstić information content (AvgIpc) is 3.19. The van der Waals surface area contributed by atoms with Crippen molar-refractivity contribution in [1.82, 2.24) is 14.3 Å². The number of benzene rings is 1. The van der Waals surface area contributed by atoms with E-state index in [1.165, 1.54) is 27.8 Å². The monoisotopic (exact) mass is 496 g/mol. The summed E-state index contributed by atoms with van der Waals surface area (Å²) in [6.45, 7) is 4.16. The summed E-state index contributed by atoms with van der Waals surface area (Å²) >= 11 is 0. The number of nitriles is 1. The number of alkyl halides is 1. The van der Waals surface area contributed by atoms with Crippen LogP contribution < -0.4 is 0 Å². The Morgan fingerprint density at radius 1 is 1.19 bits per heavy atom. The number of halogens is 1. The molecule has 3 aromatic rings. The van der Waals surface area contributed by atoms with E-state index in [9.17, 15) is 14.8 Å². The predicted octanol–water partition coefficient (Wildman–Crippen LogP) is 6.22. The molecule has 1 saturated heterocycles. The first-order chi connectivity index (χ1) is 17.9. The molecule has 6 heteroatoms. The number of pyridine rings is 1. The largest absolute Gasteiger partial charge is 0.508 e. The van der Waals surface area contributed by atoms with Crippen LogP contribution in [-0.2, 0) is 13.0 Å².